The Balaban J connectivity index is 1.52. The van der Waals surface area contributed by atoms with Crippen LogP contribution in [0.25, 0.3) is 11.1 Å². The van der Waals surface area contributed by atoms with E-state index in [-0.39, 0.29) is 75.3 Å². The Labute approximate surface area is 632 Å². The van der Waals surface area contributed by atoms with Crippen LogP contribution in [0.4, 0.5) is 0 Å². The molecule has 0 spiro atoms. The topological polar surface area (TPSA) is 0 Å². The highest BCUT2D eigenvalue weighted by atomic mass is 31.2. The Morgan fingerprint density at radius 3 is 0.510 bits per heavy atom. The summed E-state index contributed by atoms with van der Waals surface area (Å²) in [4.78, 5) is 0. The van der Waals surface area contributed by atoms with Gasteiger partial charge in [0, 0.05) is 32.5 Å². The maximum atomic E-state index is 2.66. The first-order chi connectivity index (χ1) is 45.5. The molecule has 6 aromatic carbocycles. The third-order valence-corrected chi connectivity index (χ3v) is 36.3. The van der Waals surface area contributed by atoms with Gasteiger partial charge < -0.3 is 0 Å². The van der Waals surface area contributed by atoms with Crippen molar-refractivity contribution in [2.45, 2.75) is 378 Å². The molecule has 0 bridgehead atoms. The molecule has 0 amide bonds. The van der Waals surface area contributed by atoms with Gasteiger partial charge in [-0.3, -0.25) is 0 Å². The van der Waals surface area contributed by atoms with Gasteiger partial charge in [0.25, 0.3) is 0 Å². The number of hydrogen-bond donors (Lipinski definition) is 0. The molecule has 0 saturated carbocycles. The van der Waals surface area contributed by atoms with Crippen molar-refractivity contribution >= 4 is 50.3 Å². The van der Waals surface area contributed by atoms with Crippen molar-refractivity contribution < 1.29 is 0 Å². The number of rotatable bonds is 9. The fraction of sp³-hybridized carbons (Fsp3) is 0.592. The average molecular weight is 1450 g/mol. The van der Waals surface area contributed by atoms with Crippen LogP contribution in [0.5, 0.6) is 0 Å². The summed E-state index contributed by atoms with van der Waals surface area (Å²) >= 11 is 0. The molecule has 6 aromatic rings. The van der Waals surface area contributed by atoms with Crippen LogP contribution < -0.4 is 0 Å². The SMILES string of the molecule is CC(C)(C)c1cc(C(C)(C)C)c(C2=P(Cc3cccc(-c4cccc(CP5=C(c6c(C(C)(C)C)cc(C(C)(C)C)cc6C(C)(C)C)P(C(C)(C)C)C=5c5c(C(C)(C)C)cc(C(C)(C)C)cc5C(C)(C)C)c4)c3)=C(c3c(C(C)(C)C)cc(C(C)(C)C)cc3C(C)(C)C)P2C(C)(C)C)c(C(C)(C)C)c1. The van der Waals surface area contributed by atoms with Crippen LogP contribution in [-0.2, 0) is 77.3 Å². The van der Waals surface area contributed by atoms with Crippen molar-refractivity contribution in [2.24, 2.45) is 0 Å². The minimum atomic E-state index is -0.850. The van der Waals surface area contributed by atoms with Gasteiger partial charge in [0.1, 0.15) is 0 Å². The Morgan fingerprint density at radius 1 is 0.206 bits per heavy atom. The van der Waals surface area contributed by atoms with E-state index in [1.54, 1.807) is 42.4 Å². The second kappa shape index (κ2) is 27.1. The maximum Gasteiger partial charge on any atom is 0.0124 e. The van der Waals surface area contributed by atoms with Gasteiger partial charge in [0.2, 0.25) is 0 Å². The number of hydrogen-bond acceptors (Lipinski definition) is 0. The molecule has 0 N–H and O–H groups in total. The van der Waals surface area contributed by atoms with Gasteiger partial charge in [-0.1, -0.05) is 388 Å². The Hall–Kier alpha value is -3.74. The molecular formula is C98H146P4. The first-order valence-electron chi connectivity index (χ1n) is 39.1. The lowest BCUT2D eigenvalue weighted by Crippen LogP contribution is -2.35. The van der Waals surface area contributed by atoms with Crippen LogP contribution in [0.1, 0.15) is 391 Å². The molecule has 102 heavy (non-hydrogen) atoms. The summed E-state index contributed by atoms with van der Waals surface area (Å²) in [6.45, 7) is 104. The van der Waals surface area contributed by atoms with Crippen LogP contribution in [0, 0.1) is 0 Å². The van der Waals surface area contributed by atoms with Crippen LogP contribution in [0.3, 0.4) is 0 Å². The zero-order valence-corrected chi connectivity index (χ0v) is 77.0. The quantitative estimate of drug-likeness (QED) is 0.127. The van der Waals surface area contributed by atoms with Crippen molar-refractivity contribution in [1.82, 2.24) is 0 Å². The van der Waals surface area contributed by atoms with Gasteiger partial charge in [-0.15, -0.1) is 14.3 Å². The predicted molar refractivity (Wildman–Crippen MR) is 473 cm³/mol. The molecule has 0 radical (unpaired) electrons. The van der Waals surface area contributed by atoms with Crippen molar-refractivity contribution in [3.8, 4) is 11.1 Å². The van der Waals surface area contributed by atoms with Gasteiger partial charge in [-0.05, 0) is 202 Å². The Morgan fingerprint density at radius 2 is 0.373 bits per heavy atom. The summed E-state index contributed by atoms with van der Waals surface area (Å²) < 4.78 is 0. The molecule has 0 fully saturated rings. The highest BCUT2D eigenvalue weighted by Gasteiger charge is 2.49. The maximum absolute atomic E-state index is 2.66. The van der Waals surface area contributed by atoms with Crippen LogP contribution >= 0.6 is 30.2 Å². The predicted octanol–water partition coefficient (Wildman–Crippen LogP) is 30.2. The van der Waals surface area contributed by atoms with E-state index in [1.165, 1.54) is 89.0 Å². The lowest BCUT2D eigenvalue weighted by Gasteiger charge is -2.48. The Kier molecular flexibility index (Phi) is 22.3. The molecular weight excluding hydrogens is 1300 g/mol. The van der Waals surface area contributed by atoms with E-state index in [1.807, 2.05) is 0 Å². The second-order valence-corrected chi connectivity index (χ2v) is 57.0. The van der Waals surface area contributed by atoms with E-state index >= 15 is 0 Å². The zero-order chi connectivity index (χ0) is 77.9. The summed E-state index contributed by atoms with van der Waals surface area (Å²) in [5.74, 6) is 0. The van der Waals surface area contributed by atoms with Crippen molar-refractivity contribution in [3.05, 3.63) is 197 Å². The molecule has 2 aliphatic rings. The van der Waals surface area contributed by atoms with Crippen LogP contribution in [0.15, 0.2) is 97.1 Å². The Bertz CT molecular complexity index is 3770. The summed E-state index contributed by atoms with van der Waals surface area (Å²) in [7, 11) is -3.27. The van der Waals surface area contributed by atoms with Crippen molar-refractivity contribution in [1.29, 1.82) is 0 Å². The highest BCUT2D eigenvalue weighted by Crippen LogP contribution is 2.72. The van der Waals surface area contributed by atoms with Gasteiger partial charge in [0.05, 0.1) is 0 Å². The van der Waals surface area contributed by atoms with E-state index in [0.717, 1.165) is 12.3 Å². The van der Waals surface area contributed by atoms with Crippen LogP contribution in [-0.4, -0.2) is 30.5 Å². The minimum Gasteiger partial charge on any atom is -0.103 e. The standard InChI is InChI=1S/C98H146P4/c1-85(2,3)65-51-69(89(13,14)15)77(70(52-65)90(16,17)18)81-99(82(101(81)97(37,38)39)78-71(91(19,20)21)53-66(86(4,5)6)54-72(78)92(22,23)24)59-61-45-43-47-63(49-61)64-48-44-46-62(50-64)60-100-83(79-73(93(25,26)27)55-67(87(7,8)9)56-74(79)94(28,29)30)102(98(40,41)42)84(100)80-75(95(31,32)33)57-68(88(10,11)12)58-76(80)96(34,35)36/h43-58H,59-60H2,1-42H3. The first-order valence-corrected chi connectivity index (χ1v) is 44.8. The fourth-order valence-electron chi connectivity index (χ4n) is 15.4. The summed E-state index contributed by atoms with van der Waals surface area (Å²) in [5, 5.41) is 7.10. The normalized spacial score (nSPS) is 17.8. The fourth-order valence-corrected chi connectivity index (χ4v) is 33.7. The van der Waals surface area contributed by atoms with Crippen molar-refractivity contribution in [3.63, 3.8) is 0 Å². The van der Waals surface area contributed by atoms with Gasteiger partial charge >= 0.3 is 0 Å². The van der Waals surface area contributed by atoms with E-state index in [9.17, 15) is 0 Å². The summed E-state index contributed by atoms with van der Waals surface area (Å²) in [5.41, 5.74) is 29.2. The van der Waals surface area contributed by atoms with Gasteiger partial charge in [0.15, 0.2) is 0 Å². The molecule has 0 nitrogen and oxygen atoms in total. The molecule has 0 aliphatic carbocycles. The summed E-state index contributed by atoms with van der Waals surface area (Å²) in [6, 6.07) is 41.3. The van der Waals surface area contributed by atoms with E-state index in [2.05, 4.69) is 388 Å². The van der Waals surface area contributed by atoms with E-state index < -0.39 is 30.2 Å². The third kappa shape index (κ3) is 17.4. The molecule has 4 heteroatoms. The lowest BCUT2D eigenvalue weighted by atomic mass is 9.72. The largest absolute Gasteiger partial charge is 0.103 e. The third-order valence-electron chi connectivity index (χ3n) is 21.5. The molecule has 0 aromatic heterocycles. The molecule has 558 valence electrons. The van der Waals surface area contributed by atoms with E-state index in [0.29, 0.717) is 0 Å². The van der Waals surface area contributed by atoms with Crippen LogP contribution in [0.2, 0.25) is 0 Å². The molecule has 2 aliphatic heterocycles. The zero-order valence-electron chi connectivity index (χ0n) is 73.4. The first kappa shape index (κ1) is 83.9. The smallest absolute Gasteiger partial charge is 0.0124 e. The lowest BCUT2D eigenvalue weighted by molar-refractivity contribution is 0.546. The number of benzene rings is 6. The molecule has 0 atom stereocenters. The monoisotopic (exact) mass is 1450 g/mol. The second-order valence-electron chi connectivity index (χ2n) is 45.7. The molecule has 0 unspecified atom stereocenters. The molecule has 2 heterocycles. The average Bonchev–Trinajstić information content (AvgIpc) is 0.696. The van der Waals surface area contributed by atoms with Gasteiger partial charge in [-0.2, -0.15) is 0 Å². The molecule has 0 saturated heterocycles. The van der Waals surface area contributed by atoms with Gasteiger partial charge in [-0.25, -0.2) is 0 Å². The highest BCUT2D eigenvalue weighted by molar-refractivity contribution is 8.16. The molecule has 8 rings (SSSR count). The van der Waals surface area contributed by atoms with E-state index in [4.69, 9.17) is 0 Å². The summed E-state index contributed by atoms with van der Waals surface area (Å²) in [6.07, 6.45) is 2.01. The van der Waals surface area contributed by atoms with Crippen molar-refractivity contribution in [2.75, 3.05) is 0 Å². The minimum absolute atomic E-state index is 0.00110.